The van der Waals surface area contributed by atoms with Crippen molar-refractivity contribution in [2.75, 3.05) is 6.54 Å². The Kier molecular flexibility index (Phi) is 3.84. The van der Waals surface area contributed by atoms with Gasteiger partial charge in [-0.1, -0.05) is 5.16 Å². The van der Waals surface area contributed by atoms with E-state index in [1.165, 1.54) is 18.5 Å². The van der Waals surface area contributed by atoms with Crippen molar-refractivity contribution in [3.8, 4) is 6.07 Å². The standard InChI is InChI=1S/C10H9N5O3S/c11-5-8-1-2-9(6-12-8)19(16,17)14-4-3-10-13-7-18-15-10/h1-2,6-7,14H,3-4H2. The molecule has 0 atom stereocenters. The Labute approximate surface area is 109 Å². The van der Waals surface area contributed by atoms with E-state index in [0.717, 1.165) is 6.20 Å². The van der Waals surface area contributed by atoms with Crippen molar-refractivity contribution in [2.24, 2.45) is 0 Å². The quantitative estimate of drug-likeness (QED) is 0.807. The topological polar surface area (TPSA) is 122 Å². The summed E-state index contributed by atoms with van der Waals surface area (Å²) in [5, 5.41) is 12.1. The van der Waals surface area contributed by atoms with Crippen molar-refractivity contribution < 1.29 is 12.9 Å². The second kappa shape index (κ2) is 5.55. The summed E-state index contributed by atoms with van der Waals surface area (Å²) >= 11 is 0. The molecule has 0 saturated carbocycles. The van der Waals surface area contributed by atoms with Gasteiger partial charge in [0.1, 0.15) is 16.7 Å². The molecule has 0 unspecified atom stereocenters. The van der Waals surface area contributed by atoms with Crippen molar-refractivity contribution in [1.82, 2.24) is 19.8 Å². The predicted octanol–water partition coefficient (Wildman–Crippen LogP) is -0.143. The van der Waals surface area contributed by atoms with Crippen LogP contribution < -0.4 is 4.72 Å². The molecule has 19 heavy (non-hydrogen) atoms. The first-order chi connectivity index (χ1) is 9.12. The smallest absolute Gasteiger partial charge is 0.242 e. The molecule has 0 radical (unpaired) electrons. The summed E-state index contributed by atoms with van der Waals surface area (Å²) in [6, 6.07) is 4.48. The number of nitrogens with one attached hydrogen (secondary N) is 1. The molecule has 0 spiro atoms. The summed E-state index contributed by atoms with van der Waals surface area (Å²) in [5.41, 5.74) is 0.158. The van der Waals surface area contributed by atoms with Gasteiger partial charge in [0.15, 0.2) is 5.82 Å². The molecule has 0 amide bonds. The first kappa shape index (κ1) is 13.1. The van der Waals surface area contributed by atoms with Crippen LogP contribution in [0.3, 0.4) is 0 Å². The summed E-state index contributed by atoms with van der Waals surface area (Å²) in [6.07, 6.45) is 2.63. The van der Waals surface area contributed by atoms with Crippen LogP contribution in [-0.4, -0.2) is 30.1 Å². The molecule has 9 heteroatoms. The second-order valence-corrected chi connectivity index (χ2v) is 5.25. The number of nitrogens with zero attached hydrogens (tertiary/aromatic N) is 4. The first-order valence-corrected chi connectivity index (χ1v) is 6.71. The number of sulfonamides is 1. The van der Waals surface area contributed by atoms with Crippen LogP contribution >= 0.6 is 0 Å². The van der Waals surface area contributed by atoms with Crippen molar-refractivity contribution in [3.63, 3.8) is 0 Å². The normalized spacial score (nSPS) is 11.1. The van der Waals surface area contributed by atoms with E-state index < -0.39 is 10.0 Å². The molecule has 0 aromatic carbocycles. The number of rotatable bonds is 5. The van der Waals surface area contributed by atoms with E-state index in [9.17, 15) is 8.42 Å². The lowest BCUT2D eigenvalue weighted by atomic mass is 10.4. The molecule has 0 fully saturated rings. The zero-order chi connectivity index (χ0) is 13.7. The molecular formula is C10H9N5O3S. The maximum Gasteiger partial charge on any atom is 0.242 e. The Hall–Kier alpha value is -2.31. The number of pyridine rings is 1. The number of hydrogen-bond acceptors (Lipinski definition) is 7. The Balaban J connectivity index is 1.99. The van der Waals surface area contributed by atoms with Gasteiger partial charge < -0.3 is 4.52 Å². The predicted molar refractivity (Wildman–Crippen MR) is 62.1 cm³/mol. The molecule has 1 N–H and O–H groups in total. The van der Waals surface area contributed by atoms with Gasteiger partial charge in [0, 0.05) is 19.2 Å². The Morgan fingerprint density at radius 1 is 1.37 bits per heavy atom. The highest BCUT2D eigenvalue weighted by Gasteiger charge is 2.14. The van der Waals surface area contributed by atoms with Crippen LogP contribution in [0.25, 0.3) is 0 Å². The molecule has 0 bridgehead atoms. The van der Waals surface area contributed by atoms with Gasteiger partial charge in [-0.3, -0.25) is 0 Å². The van der Waals surface area contributed by atoms with Crippen molar-refractivity contribution >= 4 is 10.0 Å². The van der Waals surface area contributed by atoms with Crippen molar-refractivity contribution in [1.29, 1.82) is 5.26 Å². The van der Waals surface area contributed by atoms with Crippen LogP contribution in [0.2, 0.25) is 0 Å². The van der Waals surface area contributed by atoms with E-state index in [1.54, 1.807) is 0 Å². The highest BCUT2D eigenvalue weighted by Crippen LogP contribution is 2.07. The van der Waals surface area contributed by atoms with E-state index in [2.05, 4.69) is 24.4 Å². The zero-order valence-electron chi connectivity index (χ0n) is 9.65. The van der Waals surface area contributed by atoms with Crippen LogP contribution in [-0.2, 0) is 16.4 Å². The average molecular weight is 279 g/mol. The van der Waals surface area contributed by atoms with E-state index in [0.29, 0.717) is 12.2 Å². The van der Waals surface area contributed by atoms with E-state index in [1.807, 2.05) is 6.07 Å². The zero-order valence-corrected chi connectivity index (χ0v) is 10.5. The Bertz CT molecular complexity index is 673. The molecule has 2 aromatic heterocycles. The number of hydrogen-bond donors (Lipinski definition) is 1. The fourth-order valence-corrected chi connectivity index (χ4v) is 2.26. The van der Waals surface area contributed by atoms with E-state index >= 15 is 0 Å². The third-order valence-electron chi connectivity index (χ3n) is 2.21. The molecule has 0 saturated heterocycles. The highest BCUT2D eigenvalue weighted by atomic mass is 32.2. The highest BCUT2D eigenvalue weighted by molar-refractivity contribution is 7.89. The molecule has 0 aliphatic rings. The average Bonchev–Trinajstić information content (AvgIpc) is 2.92. The number of aromatic nitrogens is 3. The fraction of sp³-hybridized carbons (Fsp3) is 0.200. The third-order valence-corrected chi connectivity index (χ3v) is 3.66. The summed E-state index contributed by atoms with van der Waals surface area (Å²) in [7, 11) is -3.65. The van der Waals surface area contributed by atoms with Crippen LogP contribution in [0.15, 0.2) is 34.1 Å². The SMILES string of the molecule is N#Cc1ccc(S(=O)(=O)NCCc2ncon2)cn1. The largest absolute Gasteiger partial charge is 0.343 e. The monoisotopic (exact) mass is 279 g/mol. The first-order valence-electron chi connectivity index (χ1n) is 5.23. The molecule has 2 rings (SSSR count). The van der Waals surface area contributed by atoms with Gasteiger partial charge in [0.25, 0.3) is 0 Å². The van der Waals surface area contributed by atoms with Crippen LogP contribution in [0.4, 0.5) is 0 Å². The molecule has 0 aliphatic carbocycles. The van der Waals surface area contributed by atoms with Gasteiger partial charge in [-0.2, -0.15) is 10.2 Å². The third kappa shape index (κ3) is 3.34. The molecule has 8 nitrogen and oxygen atoms in total. The Morgan fingerprint density at radius 2 is 2.21 bits per heavy atom. The lowest BCUT2D eigenvalue weighted by Gasteiger charge is -2.04. The van der Waals surface area contributed by atoms with Gasteiger partial charge >= 0.3 is 0 Å². The van der Waals surface area contributed by atoms with Crippen LogP contribution in [0.1, 0.15) is 11.5 Å². The van der Waals surface area contributed by atoms with Crippen molar-refractivity contribution in [3.05, 3.63) is 36.2 Å². The van der Waals surface area contributed by atoms with E-state index in [-0.39, 0.29) is 17.1 Å². The molecular weight excluding hydrogens is 270 g/mol. The minimum atomic E-state index is -3.65. The molecule has 0 aliphatic heterocycles. The van der Waals surface area contributed by atoms with Gasteiger partial charge in [0.2, 0.25) is 16.4 Å². The lowest BCUT2D eigenvalue weighted by molar-refractivity contribution is 0.410. The van der Waals surface area contributed by atoms with E-state index in [4.69, 9.17) is 5.26 Å². The molecule has 2 aromatic rings. The summed E-state index contributed by atoms with van der Waals surface area (Å²) < 4.78 is 30.6. The summed E-state index contributed by atoms with van der Waals surface area (Å²) in [5.74, 6) is 0.417. The lowest BCUT2D eigenvalue weighted by Crippen LogP contribution is -2.26. The van der Waals surface area contributed by atoms with Crippen molar-refractivity contribution in [2.45, 2.75) is 11.3 Å². The maximum atomic E-state index is 11.9. The van der Waals surface area contributed by atoms with Crippen LogP contribution in [0.5, 0.6) is 0 Å². The van der Waals surface area contributed by atoms with Gasteiger partial charge in [-0.15, -0.1) is 0 Å². The molecule has 2 heterocycles. The molecule has 98 valence electrons. The Morgan fingerprint density at radius 3 is 2.79 bits per heavy atom. The van der Waals surface area contributed by atoms with Gasteiger partial charge in [0.05, 0.1) is 0 Å². The minimum absolute atomic E-state index is 0.000359. The van der Waals surface area contributed by atoms with Gasteiger partial charge in [-0.05, 0) is 12.1 Å². The number of nitriles is 1. The van der Waals surface area contributed by atoms with Gasteiger partial charge in [-0.25, -0.2) is 18.1 Å². The van der Waals surface area contributed by atoms with Crippen LogP contribution in [0, 0.1) is 11.3 Å². The minimum Gasteiger partial charge on any atom is -0.343 e. The summed E-state index contributed by atoms with van der Waals surface area (Å²) in [4.78, 5) is 7.47. The summed E-state index contributed by atoms with van der Waals surface area (Å²) in [6.45, 7) is 0.141. The second-order valence-electron chi connectivity index (χ2n) is 3.49. The fourth-order valence-electron chi connectivity index (χ4n) is 1.29. The maximum absolute atomic E-state index is 11.9.